The van der Waals surface area contributed by atoms with E-state index in [1.807, 2.05) is 13.2 Å². The van der Waals surface area contributed by atoms with E-state index in [4.69, 9.17) is 4.99 Å². The molecule has 3 rings (SSSR count). The molecule has 0 radical (unpaired) electrons. The average molecular weight is 318 g/mol. The number of aryl methyl sites for hydroxylation is 1. The van der Waals surface area contributed by atoms with Gasteiger partial charge in [0.15, 0.2) is 5.96 Å². The standard InChI is InChI=1S/C16H26N6O/c1-4-17-16(18-8-13-7-12(13)2)21-5-6-22(15(23)11-21)14-9-19-20(3)10-14/h9-10,12-13H,4-8,11H2,1-3H3,(H,17,18). The van der Waals surface area contributed by atoms with Crippen molar-refractivity contribution in [3.8, 4) is 0 Å². The average Bonchev–Trinajstić information content (AvgIpc) is 3.06. The number of carbonyl (C=O) groups excluding carboxylic acids is 1. The van der Waals surface area contributed by atoms with Crippen LogP contribution in [-0.4, -0.2) is 59.3 Å². The fourth-order valence-electron chi connectivity index (χ4n) is 2.96. The summed E-state index contributed by atoms with van der Waals surface area (Å²) in [5.74, 6) is 2.47. The van der Waals surface area contributed by atoms with E-state index in [0.717, 1.165) is 43.1 Å². The van der Waals surface area contributed by atoms with Gasteiger partial charge >= 0.3 is 0 Å². The Hall–Kier alpha value is -2.05. The van der Waals surface area contributed by atoms with Crippen molar-refractivity contribution in [1.82, 2.24) is 20.0 Å². The Kier molecular flexibility index (Phi) is 4.54. The largest absolute Gasteiger partial charge is 0.357 e. The van der Waals surface area contributed by atoms with E-state index in [0.29, 0.717) is 13.1 Å². The first-order chi connectivity index (χ1) is 11.1. The van der Waals surface area contributed by atoms with Crippen molar-refractivity contribution in [3.63, 3.8) is 0 Å². The molecule has 1 aliphatic carbocycles. The zero-order chi connectivity index (χ0) is 16.4. The van der Waals surface area contributed by atoms with Crippen molar-refractivity contribution < 1.29 is 4.79 Å². The highest BCUT2D eigenvalue weighted by molar-refractivity contribution is 5.98. The van der Waals surface area contributed by atoms with E-state index in [9.17, 15) is 4.79 Å². The van der Waals surface area contributed by atoms with Crippen molar-refractivity contribution in [3.05, 3.63) is 12.4 Å². The SMILES string of the molecule is CCNC(=NCC1CC1C)N1CCN(c2cnn(C)c2)C(=O)C1. The highest BCUT2D eigenvalue weighted by Crippen LogP contribution is 2.37. The Bertz CT molecular complexity index is 595. The summed E-state index contributed by atoms with van der Waals surface area (Å²) in [5, 5.41) is 7.46. The summed E-state index contributed by atoms with van der Waals surface area (Å²) in [6, 6.07) is 0. The molecule has 1 aliphatic heterocycles. The summed E-state index contributed by atoms with van der Waals surface area (Å²) in [6.07, 6.45) is 4.89. The molecule has 7 heteroatoms. The topological polar surface area (TPSA) is 65.8 Å². The first-order valence-corrected chi connectivity index (χ1v) is 8.40. The lowest BCUT2D eigenvalue weighted by atomic mass is 10.3. The number of anilines is 1. The molecule has 0 bridgehead atoms. The monoisotopic (exact) mass is 318 g/mol. The van der Waals surface area contributed by atoms with Gasteiger partial charge in [0.1, 0.15) is 6.54 Å². The van der Waals surface area contributed by atoms with Crippen molar-refractivity contribution in [2.75, 3.05) is 37.6 Å². The number of carbonyl (C=O) groups is 1. The van der Waals surface area contributed by atoms with Crippen LogP contribution in [0.1, 0.15) is 20.3 Å². The number of hydrogen-bond acceptors (Lipinski definition) is 3. The summed E-state index contributed by atoms with van der Waals surface area (Å²) >= 11 is 0. The van der Waals surface area contributed by atoms with Crippen molar-refractivity contribution in [2.45, 2.75) is 20.3 Å². The van der Waals surface area contributed by atoms with Crippen LogP contribution in [0.25, 0.3) is 0 Å². The van der Waals surface area contributed by atoms with E-state index < -0.39 is 0 Å². The summed E-state index contributed by atoms with van der Waals surface area (Å²) in [4.78, 5) is 21.1. The molecule has 2 heterocycles. The number of aromatic nitrogens is 2. The fraction of sp³-hybridized carbons (Fsp3) is 0.688. The van der Waals surface area contributed by atoms with Gasteiger partial charge in [-0.05, 0) is 25.2 Å². The van der Waals surface area contributed by atoms with Crippen LogP contribution in [0.3, 0.4) is 0 Å². The number of aliphatic imine (C=N–C) groups is 1. The number of hydrogen-bond donors (Lipinski definition) is 1. The number of piperazine rings is 1. The first-order valence-electron chi connectivity index (χ1n) is 8.40. The second-order valence-electron chi connectivity index (χ2n) is 6.51. The molecular formula is C16H26N6O. The molecule has 1 amide bonds. The van der Waals surface area contributed by atoms with Gasteiger partial charge in [0, 0.05) is 39.4 Å². The van der Waals surface area contributed by atoms with Crippen molar-refractivity contribution in [2.24, 2.45) is 23.9 Å². The van der Waals surface area contributed by atoms with Crippen molar-refractivity contribution >= 4 is 17.6 Å². The van der Waals surface area contributed by atoms with Crippen molar-refractivity contribution in [1.29, 1.82) is 0 Å². The van der Waals surface area contributed by atoms with Crippen LogP contribution in [0.4, 0.5) is 5.69 Å². The van der Waals surface area contributed by atoms with Crippen LogP contribution in [0.2, 0.25) is 0 Å². The molecule has 23 heavy (non-hydrogen) atoms. The van der Waals surface area contributed by atoms with Gasteiger partial charge < -0.3 is 15.1 Å². The lowest BCUT2D eigenvalue weighted by molar-refractivity contribution is -0.120. The normalized spacial score (nSPS) is 25.0. The van der Waals surface area contributed by atoms with Gasteiger partial charge in [0.25, 0.3) is 0 Å². The molecule has 0 spiro atoms. The third kappa shape index (κ3) is 3.65. The summed E-state index contributed by atoms with van der Waals surface area (Å²) in [7, 11) is 1.86. The molecule has 1 N–H and O–H groups in total. The molecular weight excluding hydrogens is 292 g/mol. The van der Waals surface area contributed by atoms with Gasteiger partial charge in [-0.3, -0.25) is 14.5 Å². The van der Waals surface area contributed by atoms with Crippen LogP contribution in [-0.2, 0) is 11.8 Å². The Morgan fingerprint density at radius 3 is 2.83 bits per heavy atom. The zero-order valence-electron chi connectivity index (χ0n) is 14.2. The minimum Gasteiger partial charge on any atom is -0.357 e. The zero-order valence-corrected chi connectivity index (χ0v) is 14.2. The number of nitrogens with zero attached hydrogens (tertiary/aromatic N) is 5. The third-order valence-electron chi connectivity index (χ3n) is 4.61. The van der Waals surface area contributed by atoms with Crippen LogP contribution < -0.4 is 10.2 Å². The lowest BCUT2D eigenvalue weighted by Crippen LogP contribution is -2.55. The van der Waals surface area contributed by atoms with E-state index >= 15 is 0 Å². The number of amides is 1. The molecule has 1 aromatic heterocycles. The maximum absolute atomic E-state index is 12.5. The minimum absolute atomic E-state index is 0.0923. The van der Waals surface area contributed by atoms with Gasteiger partial charge in [0.2, 0.25) is 5.91 Å². The van der Waals surface area contributed by atoms with Crippen LogP contribution >= 0.6 is 0 Å². The Labute approximate surface area is 137 Å². The molecule has 2 unspecified atom stereocenters. The minimum atomic E-state index is 0.0923. The third-order valence-corrected chi connectivity index (χ3v) is 4.61. The van der Waals surface area contributed by atoms with E-state index in [1.165, 1.54) is 6.42 Å². The Balaban J connectivity index is 1.63. The van der Waals surface area contributed by atoms with Gasteiger partial charge in [-0.25, -0.2) is 0 Å². The van der Waals surface area contributed by atoms with Crippen LogP contribution in [0, 0.1) is 11.8 Å². The first kappa shape index (κ1) is 15.8. The second-order valence-corrected chi connectivity index (χ2v) is 6.51. The summed E-state index contributed by atoms with van der Waals surface area (Å²) in [5.41, 5.74) is 0.867. The molecule has 0 aromatic carbocycles. The molecule has 126 valence electrons. The predicted molar refractivity (Wildman–Crippen MR) is 90.4 cm³/mol. The van der Waals surface area contributed by atoms with Gasteiger partial charge in [-0.15, -0.1) is 0 Å². The number of guanidine groups is 1. The highest BCUT2D eigenvalue weighted by atomic mass is 16.2. The molecule has 1 aromatic rings. The van der Waals surface area contributed by atoms with Crippen LogP contribution in [0.5, 0.6) is 0 Å². The molecule has 2 fully saturated rings. The summed E-state index contributed by atoms with van der Waals surface area (Å²) < 4.78 is 1.72. The smallest absolute Gasteiger partial charge is 0.246 e. The number of rotatable bonds is 4. The maximum atomic E-state index is 12.5. The van der Waals surface area contributed by atoms with E-state index in [-0.39, 0.29) is 5.91 Å². The fourth-order valence-corrected chi connectivity index (χ4v) is 2.96. The van der Waals surface area contributed by atoms with E-state index in [1.54, 1.807) is 15.8 Å². The maximum Gasteiger partial charge on any atom is 0.246 e. The highest BCUT2D eigenvalue weighted by Gasteiger charge is 2.33. The Morgan fingerprint density at radius 2 is 2.26 bits per heavy atom. The number of nitrogens with one attached hydrogen (secondary N) is 1. The second kappa shape index (κ2) is 6.60. The van der Waals surface area contributed by atoms with E-state index in [2.05, 4.69) is 29.2 Å². The molecule has 2 aliphatic rings. The quantitative estimate of drug-likeness (QED) is 0.655. The molecule has 7 nitrogen and oxygen atoms in total. The van der Waals surface area contributed by atoms with Gasteiger partial charge in [-0.2, -0.15) is 5.10 Å². The molecule has 1 saturated heterocycles. The lowest BCUT2D eigenvalue weighted by Gasteiger charge is -2.35. The molecule has 2 atom stereocenters. The molecule has 1 saturated carbocycles. The van der Waals surface area contributed by atoms with Gasteiger partial charge in [0.05, 0.1) is 11.9 Å². The summed E-state index contributed by atoms with van der Waals surface area (Å²) in [6.45, 7) is 7.81. The Morgan fingerprint density at radius 1 is 1.48 bits per heavy atom. The predicted octanol–water partition coefficient (Wildman–Crippen LogP) is 0.690. The van der Waals surface area contributed by atoms with Crippen LogP contribution in [0.15, 0.2) is 17.4 Å². The van der Waals surface area contributed by atoms with Gasteiger partial charge in [-0.1, -0.05) is 6.92 Å².